The van der Waals surface area contributed by atoms with E-state index in [4.69, 9.17) is 4.74 Å². The Morgan fingerprint density at radius 2 is 1.66 bits per heavy atom. The van der Waals surface area contributed by atoms with Gasteiger partial charge >= 0.3 is 5.97 Å². The number of carboxylic acids is 1. The van der Waals surface area contributed by atoms with E-state index in [-0.39, 0.29) is 57.8 Å². The van der Waals surface area contributed by atoms with Crippen molar-refractivity contribution in [3.05, 3.63) is 95.2 Å². The molecule has 4 aromatic rings. The van der Waals surface area contributed by atoms with Crippen LogP contribution in [0, 0.1) is 18.6 Å². The van der Waals surface area contributed by atoms with Crippen molar-refractivity contribution in [2.24, 2.45) is 0 Å². The van der Waals surface area contributed by atoms with Crippen LogP contribution < -0.4 is 10.1 Å². The number of ether oxygens (including phenoxy) is 1. The number of carboxylic acid groups (broad SMARTS) is 1. The van der Waals surface area contributed by atoms with E-state index in [9.17, 15) is 31.9 Å². The van der Waals surface area contributed by atoms with Gasteiger partial charge in [0.2, 0.25) is 15.9 Å². The molecule has 1 aromatic heterocycles. The fourth-order valence-corrected chi connectivity index (χ4v) is 6.38. The minimum absolute atomic E-state index is 0.0289. The molecule has 0 spiro atoms. The molecule has 44 heavy (non-hydrogen) atoms. The Kier molecular flexibility index (Phi) is 8.76. The third-order valence-corrected chi connectivity index (χ3v) is 9.13. The van der Waals surface area contributed by atoms with E-state index in [1.54, 1.807) is 0 Å². The van der Waals surface area contributed by atoms with Crippen LogP contribution in [0.5, 0.6) is 11.6 Å². The number of nitrogens with zero attached hydrogens (tertiary/aromatic N) is 4. The van der Waals surface area contributed by atoms with E-state index >= 15 is 0 Å². The van der Waals surface area contributed by atoms with Crippen molar-refractivity contribution in [3.63, 3.8) is 0 Å². The number of hydrogen-bond acceptors (Lipinski definition) is 7. The molecule has 2 heterocycles. The molecule has 0 atom stereocenters. The molecule has 5 rings (SSSR count). The number of aromatic carboxylic acids is 1. The Morgan fingerprint density at radius 3 is 2.30 bits per heavy atom. The zero-order valence-electron chi connectivity index (χ0n) is 23.8. The predicted octanol–water partition coefficient (Wildman–Crippen LogP) is 4.53. The number of hydrogen-bond donors (Lipinski definition) is 2. The number of anilines is 1. The van der Waals surface area contributed by atoms with Gasteiger partial charge in [-0.2, -0.15) is 14.1 Å². The number of carbonyl (C=O) groups excluding carboxylic acids is 1. The highest BCUT2D eigenvalue weighted by Gasteiger charge is 2.32. The summed E-state index contributed by atoms with van der Waals surface area (Å²) in [6.07, 6.45) is 0. The SMILES string of the molecule is CCN1CCN(S(=O)(=O)c2cc(NC(=O)c3cccc(F)c3)ccc2Oc2c(C)c(C(=O)O)nn2-c2cccc(F)c2)CC1. The zero-order valence-corrected chi connectivity index (χ0v) is 24.6. The second-order valence-corrected chi connectivity index (χ2v) is 11.9. The van der Waals surface area contributed by atoms with Crippen molar-refractivity contribution in [3.8, 4) is 17.3 Å². The average Bonchev–Trinajstić information content (AvgIpc) is 3.33. The zero-order chi connectivity index (χ0) is 31.6. The van der Waals surface area contributed by atoms with E-state index in [0.29, 0.717) is 13.1 Å². The van der Waals surface area contributed by atoms with Crippen LogP contribution in [0.4, 0.5) is 14.5 Å². The summed E-state index contributed by atoms with van der Waals surface area (Å²) in [5, 5.41) is 16.4. The lowest BCUT2D eigenvalue weighted by atomic mass is 10.2. The molecule has 1 aliphatic rings. The summed E-state index contributed by atoms with van der Waals surface area (Å²) in [5.74, 6) is -3.56. The molecule has 11 nitrogen and oxygen atoms in total. The van der Waals surface area contributed by atoms with Gasteiger partial charge in [0, 0.05) is 43.0 Å². The molecule has 1 aliphatic heterocycles. The van der Waals surface area contributed by atoms with Gasteiger partial charge in [-0.1, -0.05) is 19.1 Å². The number of halogens is 2. The van der Waals surface area contributed by atoms with Gasteiger partial charge < -0.3 is 20.1 Å². The van der Waals surface area contributed by atoms with Crippen molar-refractivity contribution >= 4 is 27.6 Å². The number of aromatic nitrogens is 2. The lowest BCUT2D eigenvalue weighted by Gasteiger charge is -2.33. The molecular weight excluding hydrogens is 596 g/mol. The number of benzene rings is 3. The van der Waals surface area contributed by atoms with E-state index in [1.807, 2.05) is 6.92 Å². The molecular formula is C30H29F2N5O6S. The summed E-state index contributed by atoms with van der Waals surface area (Å²) < 4.78 is 64.4. The lowest BCUT2D eigenvalue weighted by molar-refractivity contribution is 0.0689. The normalized spacial score (nSPS) is 14.4. The van der Waals surface area contributed by atoms with Crippen molar-refractivity contribution in [1.82, 2.24) is 19.0 Å². The van der Waals surface area contributed by atoms with Crippen LogP contribution in [0.2, 0.25) is 0 Å². The molecule has 230 valence electrons. The van der Waals surface area contributed by atoms with Crippen LogP contribution in [0.1, 0.15) is 33.3 Å². The van der Waals surface area contributed by atoms with Gasteiger partial charge in [0.15, 0.2) is 5.69 Å². The smallest absolute Gasteiger partial charge is 0.356 e. The Bertz CT molecular complexity index is 1840. The summed E-state index contributed by atoms with van der Waals surface area (Å²) in [4.78, 5) is 26.6. The van der Waals surface area contributed by atoms with Gasteiger partial charge in [0.25, 0.3) is 5.91 Å². The third kappa shape index (κ3) is 6.32. The van der Waals surface area contributed by atoms with E-state index in [2.05, 4.69) is 15.3 Å². The molecule has 2 N–H and O–H groups in total. The predicted molar refractivity (Wildman–Crippen MR) is 157 cm³/mol. The molecule has 0 radical (unpaired) electrons. The number of carbonyl (C=O) groups is 2. The maximum absolute atomic E-state index is 14.1. The molecule has 1 saturated heterocycles. The van der Waals surface area contributed by atoms with Crippen molar-refractivity contribution in [2.45, 2.75) is 18.7 Å². The van der Waals surface area contributed by atoms with Crippen LogP contribution in [-0.2, 0) is 10.0 Å². The van der Waals surface area contributed by atoms with Crippen LogP contribution in [0.15, 0.2) is 71.6 Å². The third-order valence-electron chi connectivity index (χ3n) is 7.22. The summed E-state index contributed by atoms with van der Waals surface area (Å²) in [7, 11) is -4.22. The quantitative estimate of drug-likeness (QED) is 0.277. The Labute approximate surface area is 252 Å². The van der Waals surface area contributed by atoms with Gasteiger partial charge in [-0.15, -0.1) is 0 Å². The fourth-order valence-electron chi connectivity index (χ4n) is 4.82. The minimum atomic E-state index is -4.22. The van der Waals surface area contributed by atoms with Gasteiger partial charge in [-0.3, -0.25) is 4.79 Å². The highest BCUT2D eigenvalue weighted by molar-refractivity contribution is 7.89. The van der Waals surface area contributed by atoms with Crippen molar-refractivity contribution in [2.75, 3.05) is 38.0 Å². The average molecular weight is 626 g/mol. The topological polar surface area (TPSA) is 134 Å². The van der Waals surface area contributed by atoms with Crippen LogP contribution in [0.3, 0.4) is 0 Å². The Balaban J connectivity index is 1.59. The molecule has 0 bridgehead atoms. The maximum Gasteiger partial charge on any atom is 0.356 e. The van der Waals surface area contributed by atoms with Crippen molar-refractivity contribution in [1.29, 1.82) is 0 Å². The first-order valence-corrected chi connectivity index (χ1v) is 15.1. The minimum Gasteiger partial charge on any atom is -0.476 e. The second-order valence-electron chi connectivity index (χ2n) is 10.0. The van der Waals surface area contributed by atoms with Gasteiger partial charge in [0.1, 0.15) is 22.3 Å². The number of piperazine rings is 1. The Hall–Kier alpha value is -4.66. The first-order valence-electron chi connectivity index (χ1n) is 13.7. The van der Waals surface area contributed by atoms with E-state index in [1.165, 1.54) is 65.8 Å². The standard InChI is InChI=1S/C30H29F2N5O6S/c1-3-35-12-14-36(15-13-35)44(41,42)26-18-23(33-28(38)20-6-4-7-21(31)16-20)10-11-25(26)43-29-19(2)27(30(39)40)34-37(29)24-9-5-8-22(32)17-24/h4-11,16-18H,3,12-15H2,1-2H3,(H,33,38)(H,39,40). The number of rotatable bonds is 9. The number of sulfonamides is 1. The molecule has 1 amide bonds. The monoisotopic (exact) mass is 625 g/mol. The van der Waals surface area contributed by atoms with Crippen LogP contribution in [-0.4, -0.2) is 77.1 Å². The van der Waals surface area contributed by atoms with Gasteiger partial charge in [-0.05, 0) is 68.1 Å². The number of amides is 1. The summed E-state index contributed by atoms with van der Waals surface area (Å²) in [6.45, 7) is 5.62. The van der Waals surface area contributed by atoms with Crippen LogP contribution >= 0.6 is 0 Å². The van der Waals surface area contributed by atoms with Gasteiger partial charge in [-0.25, -0.2) is 22.0 Å². The van der Waals surface area contributed by atoms with Crippen molar-refractivity contribution < 1.29 is 36.6 Å². The Morgan fingerprint density at radius 1 is 0.977 bits per heavy atom. The van der Waals surface area contributed by atoms with Crippen LogP contribution in [0.25, 0.3) is 5.69 Å². The molecule has 14 heteroatoms. The number of likely N-dealkylation sites (N-methyl/N-ethyl adjacent to an activating group) is 1. The molecule has 0 aliphatic carbocycles. The molecule has 3 aromatic carbocycles. The lowest BCUT2D eigenvalue weighted by Crippen LogP contribution is -2.48. The molecule has 0 unspecified atom stereocenters. The highest BCUT2D eigenvalue weighted by atomic mass is 32.2. The maximum atomic E-state index is 14.1. The summed E-state index contributed by atoms with van der Waals surface area (Å²) in [5.41, 5.74) is -0.0247. The van der Waals surface area contributed by atoms with Gasteiger partial charge in [0.05, 0.1) is 5.69 Å². The molecule has 1 fully saturated rings. The first-order chi connectivity index (χ1) is 21.0. The van der Waals surface area contributed by atoms with E-state index < -0.39 is 33.5 Å². The first kappa shape index (κ1) is 30.8. The summed E-state index contributed by atoms with van der Waals surface area (Å²) in [6, 6.07) is 14.2. The molecule has 0 saturated carbocycles. The highest BCUT2D eigenvalue weighted by Crippen LogP contribution is 2.37. The number of nitrogens with one attached hydrogen (secondary N) is 1. The fraction of sp³-hybridized carbons (Fsp3) is 0.233. The van der Waals surface area contributed by atoms with E-state index in [0.717, 1.165) is 23.4 Å². The second kappa shape index (κ2) is 12.5. The summed E-state index contributed by atoms with van der Waals surface area (Å²) >= 11 is 0. The largest absolute Gasteiger partial charge is 0.476 e.